The SMILES string of the molecule is CC1=Cc2ccc(N)cc2CC1. The van der Waals surface area contributed by atoms with Crippen molar-refractivity contribution in [3.63, 3.8) is 0 Å². The maximum atomic E-state index is 5.70. The second-order valence-corrected chi connectivity index (χ2v) is 3.45. The van der Waals surface area contributed by atoms with Gasteiger partial charge in [-0.2, -0.15) is 0 Å². The van der Waals surface area contributed by atoms with Crippen molar-refractivity contribution in [3.05, 3.63) is 34.9 Å². The number of aryl methyl sites for hydroxylation is 1. The van der Waals surface area contributed by atoms with Crippen LogP contribution in [-0.4, -0.2) is 0 Å². The largest absolute Gasteiger partial charge is 0.399 e. The molecule has 0 aliphatic heterocycles. The summed E-state index contributed by atoms with van der Waals surface area (Å²) >= 11 is 0. The molecule has 0 aromatic heterocycles. The van der Waals surface area contributed by atoms with E-state index in [0.717, 1.165) is 12.1 Å². The summed E-state index contributed by atoms with van der Waals surface area (Å²) in [5, 5.41) is 0. The molecule has 0 radical (unpaired) electrons. The third kappa shape index (κ3) is 1.22. The van der Waals surface area contributed by atoms with Crippen LogP contribution < -0.4 is 5.73 Å². The van der Waals surface area contributed by atoms with E-state index in [4.69, 9.17) is 5.73 Å². The van der Waals surface area contributed by atoms with E-state index in [1.54, 1.807) is 0 Å². The Balaban J connectivity index is 2.51. The molecule has 2 rings (SSSR count). The number of fused-ring (bicyclic) bond motifs is 1. The quantitative estimate of drug-likeness (QED) is 0.578. The lowest BCUT2D eigenvalue weighted by molar-refractivity contribution is 0.928. The van der Waals surface area contributed by atoms with E-state index in [0.29, 0.717) is 0 Å². The molecule has 1 aromatic rings. The van der Waals surface area contributed by atoms with Gasteiger partial charge in [0.15, 0.2) is 0 Å². The third-order valence-corrected chi connectivity index (χ3v) is 2.36. The van der Waals surface area contributed by atoms with E-state index in [1.165, 1.54) is 23.1 Å². The van der Waals surface area contributed by atoms with Crippen molar-refractivity contribution in [2.45, 2.75) is 19.8 Å². The zero-order valence-corrected chi connectivity index (χ0v) is 7.30. The number of rotatable bonds is 0. The average Bonchev–Trinajstić information content (AvgIpc) is 2.05. The minimum atomic E-state index is 0.877. The maximum absolute atomic E-state index is 5.70. The summed E-state index contributed by atoms with van der Waals surface area (Å²) in [7, 11) is 0. The van der Waals surface area contributed by atoms with E-state index in [9.17, 15) is 0 Å². The molecule has 1 aromatic carbocycles. The smallest absolute Gasteiger partial charge is 0.0317 e. The van der Waals surface area contributed by atoms with Crippen LogP contribution in [0.15, 0.2) is 23.8 Å². The van der Waals surface area contributed by atoms with Crippen molar-refractivity contribution < 1.29 is 0 Å². The van der Waals surface area contributed by atoms with E-state index < -0.39 is 0 Å². The Labute approximate surface area is 72.9 Å². The van der Waals surface area contributed by atoms with Gasteiger partial charge in [-0.25, -0.2) is 0 Å². The average molecular weight is 159 g/mol. The summed E-state index contributed by atoms with van der Waals surface area (Å²) in [6.45, 7) is 2.18. The molecule has 12 heavy (non-hydrogen) atoms. The van der Waals surface area contributed by atoms with Crippen molar-refractivity contribution in [1.29, 1.82) is 0 Å². The first kappa shape index (κ1) is 7.41. The normalized spacial score (nSPS) is 15.2. The molecule has 0 saturated heterocycles. The molecule has 0 saturated carbocycles. The summed E-state index contributed by atoms with van der Waals surface area (Å²) in [6.07, 6.45) is 4.57. The Morgan fingerprint density at radius 1 is 1.25 bits per heavy atom. The standard InChI is InChI=1S/C11H13N/c1-8-2-3-10-7-11(12)5-4-9(10)6-8/h4-7H,2-3,12H2,1H3. The molecule has 62 valence electrons. The molecule has 2 N–H and O–H groups in total. The third-order valence-electron chi connectivity index (χ3n) is 2.36. The molecule has 0 bridgehead atoms. The Kier molecular flexibility index (Phi) is 1.65. The minimum Gasteiger partial charge on any atom is -0.399 e. The molecule has 1 aliphatic rings. The number of anilines is 1. The number of allylic oxidation sites excluding steroid dienone is 1. The van der Waals surface area contributed by atoms with Crippen molar-refractivity contribution >= 4 is 11.8 Å². The van der Waals surface area contributed by atoms with Crippen LogP contribution >= 0.6 is 0 Å². The number of benzene rings is 1. The second-order valence-electron chi connectivity index (χ2n) is 3.45. The van der Waals surface area contributed by atoms with Crippen molar-refractivity contribution in [1.82, 2.24) is 0 Å². The van der Waals surface area contributed by atoms with Gasteiger partial charge in [-0.3, -0.25) is 0 Å². The lowest BCUT2D eigenvalue weighted by atomic mass is 9.93. The molecule has 1 nitrogen and oxygen atoms in total. The zero-order chi connectivity index (χ0) is 8.55. The Morgan fingerprint density at radius 2 is 2.08 bits per heavy atom. The van der Waals surface area contributed by atoms with Gasteiger partial charge in [0.05, 0.1) is 0 Å². The molecule has 0 heterocycles. The first-order valence-electron chi connectivity index (χ1n) is 4.31. The van der Waals surface area contributed by atoms with E-state index in [2.05, 4.69) is 25.1 Å². The molecule has 0 amide bonds. The van der Waals surface area contributed by atoms with Gasteiger partial charge in [0.25, 0.3) is 0 Å². The van der Waals surface area contributed by atoms with E-state index in [1.807, 2.05) is 6.07 Å². The number of hydrogen-bond acceptors (Lipinski definition) is 1. The van der Waals surface area contributed by atoms with Crippen LogP contribution in [0.2, 0.25) is 0 Å². The van der Waals surface area contributed by atoms with Crippen LogP contribution in [0.1, 0.15) is 24.5 Å². The Hall–Kier alpha value is -1.24. The van der Waals surface area contributed by atoms with Crippen LogP contribution in [0.3, 0.4) is 0 Å². The fourth-order valence-corrected chi connectivity index (χ4v) is 1.65. The summed E-state index contributed by atoms with van der Waals surface area (Å²) in [6, 6.07) is 6.15. The van der Waals surface area contributed by atoms with Gasteiger partial charge >= 0.3 is 0 Å². The van der Waals surface area contributed by atoms with Crippen molar-refractivity contribution in [2.24, 2.45) is 0 Å². The fourth-order valence-electron chi connectivity index (χ4n) is 1.65. The highest BCUT2D eigenvalue weighted by molar-refractivity contribution is 5.62. The number of nitrogens with two attached hydrogens (primary N) is 1. The molecule has 1 aliphatic carbocycles. The molecule has 0 unspecified atom stereocenters. The van der Waals surface area contributed by atoms with Gasteiger partial charge < -0.3 is 5.73 Å². The molecular formula is C11H13N. The molecular weight excluding hydrogens is 146 g/mol. The highest BCUT2D eigenvalue weighted by Crippen LogP contribution is 2.24. The molecule has 0 atom stereocenters. The Bertz CT molecular complexity index is 337. The maximum Gasteiger partial charge on any atom is 0.0317 e. The first-order chi connectivity index (χ1) is 5.75. The van der Waals surface area contributed by atoms with Crippen LogP contribution in [0, 0.1) is 0 Å². The van der Waals surface area contributed by atoms with Gasteiger partial charge in [0.2, 0.25) is 0 Å². The van der Waals surface area contributed by atoms with Crippen molar-refractivity contribution in [3.8, 4) is 0 Å². The zero-order valence-electron chi connectivity index (χ0n) is 7.30. The van der Waals surface area contributed by atoms with Crippen LogP contribution in [0.25, 0.3) is 6.08 Å². The van der Waals surface area contributed by atoms with Gasteiger partial charge in [0, 0.05) is 5.69 Å². The predicted molar refractivity (Wildman–Crippen MR) is 52.8 cm³/mol. The van der Waals surface area contributed by atoms with Crippen LogP contribution in [0.4, 0.5) is 5.69 Å². The monoisotopic (exact) mass is 159 g/mol. The summed E-state index contributed by atoms with van der Waals surface area (Å²) in [5.41, 5.74) is 10.8. The highest BCUT2D eigenvalue weighted by atomic mass is 14.5. The lowest BCUT2D eigenvalue weighted by Crippen LogP contribution is -1.98. The Morgan fingerprint density at radius 3 is 2.92 bits per heavy atom. The minimum absolute atomic E-state index is 0.877. The number of nitrogen functional groups attached to an aromatic ring is 1. The second kappa shape index (κ2) is 2.67. The molecule has 0 fully saturated rings. The van der Waals surface area contributed by atoms with Gasteiger partial charge in [-0.1, -0.05) is 17.7 Å². The number of hydrogen-bond donors (Lipinski definition) is 1. The first-order valence-corrected chi connectivity index (χ1v) is 4.31. The summed E-state index contributed by atoms with van der Waals surface area (Å²) in [5.74, 6) is 0. The summed E-state index contributed by atoms with van der Waals surface area (Å²) < 4.78 is 0. The van der Waals surface area contributed by atoms with Crippen molar-refractivity contribution in [2.75, 3.05) is 5.73 Å². The fraction of sp³-hybridized carbons (Fsp3) is 0.273. The van der Waals surface area contributed by atoms with E-state index >= 15 is 0 Å². The predicted octanol–water partition coefficient (Wildman–Crippen LogP) is 2.62. The topological polar surface area (TPSA) is 26.0 Å². The molecule has 0 spiro atoms. The lowest BCUT2D eigenvalue weighted by Gasteiger charge is -2.13. The van der Waals surface area contributed by atoms with Gasteiger partial charge in [-0.05, 0) is 43.0 Å². The van der Waals surface area contributed by atoms with Crippen LogP contribution in [-0.2, 0) is 6.42 Å². The van der Waals surface area contributed by atoms with Crippen LogP contribution in [0.5, 0.6) is 0 Å². The summed E-state index contributed by atoms with van der Waals surface area (Å²) in [4.78, 5) is 0. The molecule has 1 heteroatoms. The van der Waals surface area contributed by atoms with E-state index in [-0.39, 0.29) is 0 Å². The van der Waals surface area contributed by atoms with Gasteiger partial charge in [-0.15, -0.1) is 0 Å². The highest BCUT2D eigenvalue weighted by Gasteiger charge is 2.06. The van der Waals surface area contributed by atoms with Gasteiger partial charge in [0.1, 0.15) is 0 Å².